The molecule has 0 aliphatic rings. The third kappa shape index (κ3) is 6.68. The molecular weight excluding hydrogens is 196 g/mol. The van der Waals surface area contributed by atoms with Crippen molar-refractivity contribution in [2.24, 2.45) is 11.3 Å². The molecule has 0 bridgehead atoms. The third-order valence-corrected chi connectivity index (χ3v) is 2.78. The predicted octanol–water partition coefficient (Wildman–Crippen LogP) is 2.63. The molecule has 0 fully saturated rings. The minimum atomic E-state index is 0.271. The summed E-state index contributed by atoms with van der Waals surface area (Å²) in [5.74, 6) is 1.38. The fraction of sp³-hybridized carbons (Fsp3) is 1.00. The Hall–Kier alpha value is 0.270. The van der Waals surface area contributed by atoms with Crippen molar-refractivity contribution in [1.29, 1.82) is 0 Å². The van der Waals surface area contributed by atoms with Crippen LogP contribution in [-0.4, -0.2) is 32.2 Å². The van der Waals surface area contributed by atoms with Gasteiger partial charge in [0.05, 0.1) is 19.8 Å². The van der Waals surface area contributed by atoms with Gasteiger partial charge in [0.2, 0.25) is 0 Å². The molecule has 0 aliphatic heterocycles. The molecule has 3 heteroatoms. The Morgan fingerprint density at radius 2 is 1.71 bits per heavy atom. The van der Waals surface area contributed by atoms with E-state index in [9.17, 15) is 0 Å². The molecule has 0 aliphatic carbocycles. The summed E-state index contributed by atoms with van der Waals surface area (Å²) in [7, 11) is 0. The van der Waals surface area contributed by atoms with Gasteiger partial charge in [-0.3, -0.25) is 0 Å². The summed E-state index contributed by atoms with van der Waals surface area (Å²) in [5.41, 5.74) is 0.271. The molecule has 0 heterocycles. The molecule has 0 N–H and O–H groups in total. The molecule has 0 saturated carbocycles. The van der Waals surface area contributed by atoms with Crippen molar-refractivity contribution >= 4 is 12.6 Å². The maximum Gasteiger partial charge on any atom is 0.0700 e. The van der Waals surface area contributed by atoms with E-state index >= 15 is 0 Å². The largest absolute Gasteiger partial charge is 0.379 e. The first-order valence-electron chi connectivity index (χ1n) is 5.28. The van der Waals surface area contributed by atoms with E-state index in [4.69, 9.17) is 9.47 Å². The lowest BCUT2D eigenvalue weighted by molar-refractivity contribution is 0.0222. The van der Waals surface area contributed by atoms with E-state index in [2.05, 4.69) is 33.4 Å². The predicted molar refractivity (Wildman–Crippen MR) is 64.1 cm³/mol. The molecule has 2 nitrogen and oxygen atoms in total. The lowest BCUT2D eigenvalue weighted by Gasteiger charge is -2.29. The summed E-state index contributed by atoms with van der Waals surface area (Å²) in [4.78, 5) is 0. The van der Waals surface area contributed by atoms with Gasteiger partial charge >= 0.3 is 0 Å². The van der Waals surface area contributed by atoms with Crippen molar-refractivity contribution < 1.29 is 9.47 Å². The van der Waals surface area contributed by atoms with E-state index in [1.807, 2.05) is 6.92 Å². The smallest absolute Gasteiger partial charge is 0.0700 e. The normalized spacial score (nSPS) is 14.4. The fourth-order valence-corrected chi connectivity index (χ4v) is 1.72. The van der Waals surface area contributed by atoms with Gasteiger partial charge in [-0.05, 0) is 24.0 Å². The first kappa shape index (κ1) is 14.3. The quantitative estimate of drug-likeness (QED) is 0.525. The zero-order valence-corrected chi connectivity index (χ0v) is 10.8. The van der Waals surface area contributed by atoms with E-state index in [-0.39, 0.29) is 5.41 Å². The van der Waals surface area contributed by atoms with Gasteiger partial charge in [0.25, 0.3) is 0 Å². The van der Waals surface area contributed by atoms with E-state index in [1.165, 1.54) is 0 Å². The van der Waals surface area contributed by atoms with E-state index < -0.39 is 0 Å². The monoisotopic (exact) mass is 220 g/mol. The van der Waals surface area contributed by atoms with E-state index in [1.54, 1.807) is 0 Å². The molecule has 0 radical (unpaired) electrons. The Labute approximate surface area is 93.8 Å². The zero-order valence-electron chi connectivity index (χ0n) is 9.88. The Kier molecular flexibility index (Phi) is 7.69. The van der Waals surface area contributed by atoms with E-state index in [0.29, 0.717) is 19.1 Å². The number of thiol groups is 1. The van der Waals surface area contributed by atoms with Gasteiger partial charge in [0.15, 0.2) is 0 Å². The second-order valence-electron chi connectivity index (χ2n) is 4.52. The number of ether oxygens (including phenoxy) is 2. The SMILES string of the molecule is CCOCCOCC(CS)C(C)(C)C. The number of hydrogen-bond donors (Lipinski definition) is 1. The minimum absolute atomic E-state index is 0.271. The van der Waals surface area contributed by atoms with Gasteiger partial charge < -0.3 is 9.47 Å². The van der Waals surface area contributed by atoms with Gasteiger partial charge in [-0.15, -0.1) is 0 Å². The lowest BCUT2D eigenvalue weighted by atomic mass is 9.82. The van der Waals surface area contributed by atoms with Crippen LogP contribution in [0.5, 0.6) is 0 Å². The lowest BCUT2D eigenvalue weighted by Crippen LogP contribution is -2.27. The van der Waals surface area contributed by atoms with Crippen LogP contribution in [0, 0.1) is 11.3 Å². The molecule has 86 valence electrons. The van der Waals surface area contributed by atoms with Crippen LogP contribution >= 0.6 is 12.6 Å². The minimum Gasteiger partial charge on any atom is -0.379 e. The van der Waals surface area contributed by atoms with Crippen LogP contribution in [0.2, 0.25) is 0 Å². The third-order valence-electron chi connectivity index (χ3n) is 2.34. The van der Waals surface area contributed by atoms with Gasteiger partial charge in [0, 0.05) is 6.61 Å². The van der Waals surface area contributed by atoms with Crippen LogP contribution in [0.4, 0.5) is 0 Å². The summed E-state index contributed by atoms with van der Waals surface area (Å²) in [5, 5.41) is 0. The van der Waals surface area contributed by atoms with E-state index in [0.717, 1.165) is 19.0 Å². The maximum atomic E-state index is 5.54. The standard InChI is InChI=1S/C11H24O2S/c1-5-12-6-7-13-8-10(9-14)11(2,3)4/h10,14H,5-9H2,1-4H3. The van der Waals surface area contributed by atoms with Crippen molar-refractivity contribution in [2.45, 2.75) is 27.7 Å². The topological polar surface area (TPSA) is 18.5 Å². The van der Waals surface area contributed by atoms with Crippen LogP contribution in [-0.2, 0) is 9.47 Å². The molecule has 0 saturated heterocycles. The average molecular weight is 220 g/mol. The molecule has 14 heavy (non-hydrogen) atoms. The summed E-state index contributed by atoms with van der Waals surface area (Å²) in [6.07, 6.45) is 0. The van der Waals surface area contributed by atoms with Crippen molar-refractivity contribution in [3.63, 3.8) is 0 Å². The van der Waals surface area contributed by atoms with Crippen molar-refractivity contribution in [1.82, 2.24) is 0 Å². The van der Waals surface area contributed by atoms with Crippen LogP contribution in [0.3, 0.4) is 0 Å². The summed E-state index contributed by atoms with van der Waals surface area (Å²) < 4.78 is 10.7. The van der Waals surface area contributed by atoms with Crippen LogP contribution in [0.25, 0.3) is 0 Å². The van der Waals surface area contributed by atoms with Crippen molar-refractivity contribution in [3.05, 3.63) is 0 Å². The molecule has 0 amide bonds. The van der Waals surface area contributed by atoms with Gasteiger partial charge in [-0.1, -0.05) is 20.8 Å². The fourth-order valence-electron chi connectivity index (χ4n) is 1.06. The molecule has 0 rings (SSSR count). The maximum absolute atomic E-state index is 5.54. The van der Waals surface area contributed by atoms with Crippen LogP contribution in [0.1, 0.15) is 27.7 Å². The highest BCUT2D eigenvalue weighted by Crippen LogP contribution is 2.26. The van der Waals surface area contributed by atoms with Gasteiger partial charge in [-0.25, -0.2) is 0 Å². The highest BCUT2D eigenvalue weighted by molar-refractivity contribution is 7.80. The van der Waals surface area contributed by atoms with Crippen LogP contribution < -0.4 is 0 Å². The Balaban J connectivity index is 3.54. The van der Waals surface area contributed by atoms with Gasteiger partial charge in [-0.2, -0.15) is 12.6 Å². The van der Waals surface area contributed by atoms with Crippen LogP contribution in [0.15, 0.2) is 0 Å². The number of rotatable bonds is 7. The second-order valence-corrected chi connectivity index (χ2v) is 4.88. The van der Waals surface area contributed by atoms with Crippen molar-refractivity contribution in [3.8, 4) is 0 Å². The first-order chi connectivity index (χ1) is 6.52. The molecule has 1 unspecified atom stereocenters. The zero-order chi connectivity index (χ0) is 11.0. The highest BCUT2D eigenvalue weighted by atomic mass is 32.1. The molecule has 0 aromatic heterocycles. The first-order valence-corrected chi connectivity index (χ1v) is 5.92. The second kappa shape index (κ2) is 7.55. The molecule has 0 spiro atoms. The Bertz CT molecular complexity index is 132. The number of hydrogen-bond acceptors (Lipinski definition) is 3. The average Bonchev–Trinajstić information content (AvgIpc) is 2.09. The highest BCUT2D eigenvalue weighted by Gasteiger charge is 2.23. The van der Waals surface area contributed by atoms with Gasteiger partial charge in [0.1, 0.15) is 0 Å². The molecule has 0 aromatic carbocycles. The Morgan fingerprint density at radius 3 is 2.14 bits per heavy atom. The summed E-state index contributed by atoms with van der Waals surface area (Å²) >= 11 is 4.34. The van der Waals surface area contributed by atoms with Crippen molar-refractivity contribution in [2.75, 3.05) is 32.2 Å². The molecular formula is C11H24O2S. The summed E-state index contributed by atoms with van der Waals surface area (Å²) in [6.45, 7) is 11.6. The summed E-state index contributed by atoms with van der Waals surface area (Å²) in [6, 6.07) is 0. The molecule has 0 aromatic rings. The molecule has 1 atom stereocenters. The Morgan fingerprint density at radius 1 is 1.14 bits per heavy atom.